The van der Waals surface area contributed by atoms with E-state index >= 15 is 0 Å². The van der Waals surface area contributed by atoms with Gasteiger partial charge in [-0.3, -0.25) is 4.98 Å². The van der Waals surface area contributed by atoms with Gasteiger partial charge in [-0.15, -0.1) is 0 Å². The number of aryl methyl sites for hydroxylation is 1. The van der Waals surface area contributed by atoms with Gasteiger partial charge in [0.1, 0.15) is 5.75 Å². The Balaban J connectivity index is 0.000000514. The summed E-state index contributed by atoms with van der Waals surface area (Å²) in [6.07, 6.45) is 0.976. The third kappa shape index (κ3) is 2.16. The van der Waals surface area contributed by atoms with Gasteiger partial charge in [0.25, 0.3) is 0 Å². The molecule has 2 aromatic rings. The number of hydrogen-bond donors (Lipinski definition) is 0. The summed E-state index contributed by atoms with van der Waals surface area (Å²) in [4.78, 5) is 4.55. The second-order valence-corrected chi connectivity index (χ2v) is 4.64. The van der Waals surface area contributed by atoms with Gasteiger partial charge >= 0.3 is 0 Å². The highest BCUT2D eigenvalue weighted by Crippen LogP contribution is 2.35. The van der Waals surface area contributed by atoms with Gasteiger partial charge in [-0.25, -0.2) is 0 Å². The fraction of sp³-hybridized carbons (Fsp3) is 0.357. The molecule has 1 aliphatic rings. The van der Waals surface area contributed by atoms with Crippen LogP contribution in [0, 0.1) is 6.92 Å². The van der Waals surface area contributed by atoms with Crippen molar-refractivity contribution in [1.29, 1.82) is 0 Å². The van der Waals surface area contributed by atoms with E-state index in [9.17, 15) is 0 Å². The Morgan fingerprint density at radius 3 is 2.82 bits per heavy atom. The van der Waals surface area contributed by atoms with Crippen LogP contribution < -0.4 is 4.74 Å². The van der Waals surface area contributed by atoms with E-state index in [0.717, 1.165) is 34.5 Å². The molecule has 0 unspecified atom stereocenters. The monoisotopic (exact) mass is 293 g/mol. The van der Waals surface area contributed by atoms with Gasteiger partial charge in [-0.05, 0) is 46.6 Å². The van der Waals surface area contributed by atoms with Crippen molar-refractivity contribution in [1.82, 2.24) is 4.98 Å². The summed E-state index contributed by atoms with van der Waals surface area (Å²) >= 11 is 3.53. The van der Waals surface area contributed by atoms with Crippen LogP contribution in [0.1, 0.15) is 25.1 Å². The van der Waals surface area contributed by atoms with Crippen LogP contribution >= 0.6 is 15.9 Å². The fourth-order valence-corrected chi connectivity index (χ4v) is 2.51. The number of nitrogens with zero attached hydrogens (tertiary/aromatic N) is 1. The molecule has 0 N–H and O–H groups in total. The van der Waals surface area contributed by atoms with E-state index in [4.69, 9.17) is 4.74 Å². The highest BCUT2D eigenvalue weighted by Gasteiger charge is 2.16. The van der Waals surface area contributed by atoms with Crippen LogP contribution in [-0.2, 0) is 6.42 Å². The van der Waals surface area contributed by atoms with Crippen LogP contribution in [0.4, 0.5) is 0 Å². The smallest absolute Gasteiger partial charge is 0.129 e. The molecule has 0 amide bonds. The van der Waals surface area contributed by atoms with E-state index in [1.54, 1.807) is 0 Å². The Hall–Kier alpha value is -1.09. The average Bonchev–Trinajstić information content (AvgIpc) is 2.36. The molecule has 0 bridgehead atoms. The van der Waals surface area contributed by atoms with E-state index < -0.39 is 0 Å². The molecular formula is C14H16BrNO. The maximum absolute atomic E-state index is 5.63. The second kappa shape index (κ2) is 5.05. The molecule has 0 saturated carbocycles. The lowest BCUT2D eigenvalue weighted by Gasteiger charge is -2.18. The minimum absolute atomic E-state index is 0.771. The molecule has 17 heavy (non-hydrogen) atoms. The maximum Gasteiger partial charge on any atom is 0.129 e. The van der Waals surface area contributed by atoms with Crippen molar-refractivity contribution in [3.05, 3.63) is 33.9 Å². The number of benzene rings is 1. The van der Waals surface area contributed by atoms with Crippen molar-refractivity contribution in [3.63, 3.8) is 0 Å². The summed E-state index contributed by atoms with van der Waals surface area (Å²) in [6, 6.07) is 6.16. The number of halogens is 1. The quantitative estimate of drug-likeness (QED) is 0.724. The SMILES string of the molecule is CC.Cc1cc2c3c(ccc(Br)c3n1)OCC2. The molecule has 0 radical (unpaired) electrons. The lowest BCUT2D eigenvalue weighted by atomic mass is 10.0. The first kappa shape index (κ1) is 12.4. The normalized spacial score (nSPS) is 12.7. The lowest BCUT2D eigenvalue weighted by molar-refractivity contribution is 0.318. The minimum atomic E-state index is 0.771. The molecule has 0 saturated heterocycles. The summed E-state index contributed by atoms with van der Waals surface area (Å²) in [7, 11) is 0. The van der Waals surface area contributed by atoms with Gasteiger partial charge in [-0.2, -0.15) is 0 Å². The average molecular weight is 294 g/mol. The summed E-state index contributed by atoms with van der Waals surface area (Å²) in [5.74, 6) is 0.960. The summed E-state index contributed by atoms with van der Waals surface area (Å²) in [5, 5.41) is 1.17. The standard InChI is InChI=1S/C12H10BrNO.C2H6/c1-7-6-8-4-5-15-10-3-2-9(13)12(14-7)11(8)10;1-2/h2-3,6H,4-5H2,1H3;1-2H3. The fourth-order valence-electron chi connectivity index (χ4n) is 2.09. The Kier molecular flexibility index (Phi) is 3.67. The summed E-state index contributed by atoms with van der Waals surface area (Å²) in [5.41, 5.74) is 3.43. The largest absolute Gasteiger partial charge is 0.493 e. The molecule has 1 aromatic carbocycles. The zero-order valence-corrected chi connectivity index (χ0v) is 12.0. The molecule has 1 aliphatic heterocycles. The van der Waals surface area contributed by atoms with Gasteiger partial charge < -0.3 is 4.74 Å². The first-order valence-corrected chi connectivity index (χ1v) is 6.76. The van der Waals surface area contributed by atoms with Crippen molar-refractivity contribution < 1.29 is 4.74 Å². The van der Waals surface area contributed by atoms with Gasteiger partial charge in [-0.1, -0.05) is 13.8 Å². The molecule has 0 atom stereocenters. The van der Waals surface area contributed by atoms with Gasteiger partial charge in [0.2, 0.25) is 0 Å². The highest BCUT2D eigenvalue weighted by molar-refractivity contribution is 9.10. The minimum Gasteiger partial charge on any atom is -0.493 e. The van der Waals surface area contributed by atoms with E-state index in [0.29, 0.717) is 0 Å². The molecule has 3 heteroatoms. The number of aromatic nitrogens is 1. The molecule has 1 aromatic heterocycles. The van der Waals surface area contributed by atoms with Crippen LogP contribution in [-0.4, -0.2) is 11.6 Å². The molecular weight excluding hydrogens is 278 g/mol. The topological polar surface area (TPSA) is 22.1 Å². The van der Waals surface area contributed by atoms with Crippen molar-refractivity contribution in [2.24, 2.45) is 0 Å². The Bertz CT molecular complexity index is 551. The van der Waals surface area contributed by atoms with Crippen molar-refractivity contribution in [3.8, 4) is 5.75 Å². The summed E-state index contributed by atoms with van der Waals surface area (Å²) < 4.78 is 6.67. The van der Waals surface area contributed by atoms with Gasteiger partial charge in [0.05, 0.1) is 12.1 Å². The number of ether oxygens (including phenoxy) is 1. The zero-order chi connectivity index (χ0) is 12.4. The van der Waals surface area contributed by atoms with Crippen LogP contribution in [0.15, 0.2) is 22.7 Å². The van der Waals surface area contributed by atoms with Gasteiger partial charge in [0.15, 0.2) is 0 Å². The first-order chi connectivity index (χ1) is 8.25. The molecule has 0 fully saturated rings. The predicted octanol–water partition coefficient (Wildman–Crippen LogP) is 4.27. The number of rotatable bonds is 0. The van der Waals surface area contributed by atoms with Crippen molar-refractivity contribution in [2.75, 3.05) is 6.61 Å². The molecule has 0 aliphatic carbocycles. The third-order valence-electron chi connectivity index (χ3n) is 2.71. The molecule has 3 rings (SSSR count). The molecule has 90 valence electrons. The second-order valence-electron chi connectivity index (χ2n) is 3.79. The molecule has 0 spiro atoms. The maximum atomic E-state index is 5.63. The Labute approximate surface area is 110 Å². The van der Waals surface area contributed by atoms with Crippen LogP contribution in [0.2, 0.25) is 0 Å². The Morgan fingerprint density at radius 2 is 2.06 bits per heavy atom. The Morgan fingerprint density at radius 1 is 1.29 bits per heavy atom. The third-order valence-corrected chi connectivity index (χ3v) is 3.35. The first-order valence-electron chi connectivity index (χ1n) is 5.97. The van der Waals surface area contributed by atoms with E-state index in [2.05, 4.69) is 27.0 Å². The molecule has 2 nitrogen and oxygen atoms in total. The van der Waals surface area contributed by atoms with E-state index in [1.165, 1.54) is 10.9 Å². The van der Waals surface area contributed by atoms with E-state index in [1.807, 2.05) is 32.9 Å². The number of hydrogen-bond acceptors (Lipinski definition) is 2. The van der Waals surface area contributed by atoms with Gasteiger partial charge in [0, 0.05) is 22.0 Å². The van der Waals surface area contributed by atoms with Crippen LogP contribution in [0.3, 0.4) is 0 Å². The van der Waals surface area contributed by atoms with Crippen LogP contribution in [0.25, 0.3) is 10.9 Å². The predicted molar refractivity (Wildman–Crippen MR) is 74.7 cm³/mol. The lowest BCUT2D eigenvalue weighted by Crippen LogP contribution is -2.09. The summed E-state index contributed by atoms with van der Waals surface area (Å²) in [6.45, 7) is 6.80. The number of pyridine rings is 1. The van der Waals surface area contributed by atoms with Crippen molar-refractivity contribution in [2.45, 2.75) is 27.2 Å². The van der Waals surface area contributed by atoms with E-state index in [-0.39, 0.29) is 0 Å². The highest BCUT2D eigenvalue weighted by atomic mass is 79.9. The molecule has 2 heterocycles. The zero-order valence-electron chi connectivity index (χ0n) is 10.4. The van der Waals surface area contributed by atoms with Crippen LogP contribution in [0.5, 0.6) is 5.75 Å². The van der Waals surface area contributed by atoms with Crippen molar-refractivity contribution >= 4 is 26.8 Å².